The van der Waals surface area contributed by atoms with Crippen molar-refractivity contribution in [2.75, 3.05) is 7.11 Å². The van der Waals surface area contributed by atoms with Crippen LogP contribution in [0.2, 0.25) is 0 Å². The first-order valence-corrected chi connectivity index (χ1v) is 6.88. The molecule has 3 rings (SSSR count). The highest BCUT2D eigenvalue weighted by molar-refractivity contribution is 5.89. The Morgan fingerprint density at radius 3 is 2.82 bits per heavy atom. The molecule has 0 amide bonds. The Kier molecular flexibility index (Phi) is 3.96. The van der Waals surface area contributed by atoms with Crippen molar-refractivity contribution in [1.82, 2.24) is 14.5 Å². The second-order valence-electron chi connectivity index (χ2n) is 4.79. The maximum Gasteiger partial charge on any atom is 0.337 e. The van der Waals surface area contributed by atoms with E-state index in [0.717, 1.165) is 17.1 Å². The number of methoxy groups -OCH3 is 1. The summed E-state index contributed by atoms with van der Waals surface area (Å²) in [4.78, 5) is 20.3. The van der Waals surface area contributed by atoms with Gasteiger partial charge in [0.15, 0.2) is 5.82 Å². The van der Waals surface area contributed by atoms with E-state index in [1.165, 1.54) is 7.11 Å². The molecule has 0 aliphatic heterocycles. The van der Waals surface area contributed by atoms with Crippen molar-refractivity contribution in [2.24, 2.45) is 0 Å². The molecule has 0 N–H and O–H groups in total. The molecule has 3 aromatic rings. The third-order valence-corrected chi connectivity index (χ3v) is 3.31. The van der Waals surface area contributed by atoms with E-state index >= 15 is 0 Å². The highest BCUT2D eigenvalue weighted by Crippen LogP contribution is 2.16. The maximum atomic E-state index is 11.6. The third-order valence-electron chi connectivity index (χ3n) is 3.31. The number of ether oxygens (including phenoxy) is 1. The molecule has 0 aliphatic carbocycles. The molecule has 0 saturated heterocycles. The van der Waals surface area contributed by atoms with Gasteiger partial charge < -0.3 is 9.30 Å². The molecule has 0 fully saturated rings. The normalized spacial score (nSPS) is 10.4. The second-order valence-corrected chi connectivity index (χ2v) is 4.79. The molecule has 0 saturated carbocycles. The summed E-state index contributed by atoms with van der Waals surface area (Å²) >= 11 is 0. The van der Waals surface area contributed by atoms with Gasteiger partial charge in [-0.3, -0.25) is 4.98 Å². The van der Waals surface area contributed by atoms with Gasteiger partial charge in [-0.15, -0.1) is 0 Å². The van der Waals surface area contributed by atoms with Crippen LogP contribution < -0.4 is 0 Å². The van der Waals surface area contributed by atoms with Gasteiger partial charge in [-0.25, -0.2) is 9.78 Å². The fraction of sp³-hybridized carbons (Fsp3) is 0.118. The Balaban J connectivity index is 1.89. The van der Waals surface area contributed by atoms with Crippen molar-refractivity contribution in [1.29, 1.82) is 0 Å². The van der Waals surface area contributed by atoms with Gasteiger partial charge in [0.05, 0.1) is 12.7 Å². The summed E-state index contributed by atoms with van der Waals surface area (Å²) < 4.78 is 6.75. The lowest BCUT2D eigenvalue weighted by Gasteiger charge is -2.08. The van der Waals surface area contributed by atoms with Crippen LogP contribution in [0.4, 0.5) is 0 Å². The summed E-state index contributed by atoms with van der Waals surface area (Å²) in [6.07, 6.45) is 5.38. The van der Waals surface area contributed by atoms with E-state index in [9.17, 15) is 4.79 Å². The number of pyridine rings is 1. The molecule has 1 aromatic carbocycles. The topological polar surface area (TPSA) is 57.0 Å². The Bertz CT molecular complexity index is 781. The van der Waals surface area contributed by atoms with Crippen LogP contribution in [-0.2, 0) is 11.3 Å². The van der Waals surface area contributed by atoms with Gasteiger partial charge in [0.2, 0.25) is 0 Å². The van der Waals surface area contributed by atoms with E-state index < -0.39 is 0 Å². The smallest absolute Gasteiger partial charge is 0.337 e. The number of benzene rings is 1. The Morgan fingerprint density at radius 1 is 1.14 bits per heavy atom. The number of aromatic nitrogens is 3. The zero-order valence-electron chi connectivity index (χ0n) is 12.1. The van der Waals surface area contributed by atoms with E-state index in [2.05, 4.69) is 9.97 Å². The summed E-state index contributed by atoms with van der Waals surface area (Å²) in [5.74, 6) is 0.460. The molecule has 0 radical (unpaired) electrons. The predicted molar refractivity (Wildman–Crippen MR) is 82.3 cm³/mol. The molecule has 0 atom stereocenters. The lowest BCUT2D eigenvalue weighted by molar-refractivity contribution is 0.0600. The summed E-state index contributed by atoms with van der Waals surface area (Å²) in [5.41, 5.74) is 2.36. The van der Waals surface area contributed by atoms with Gasteiger partial charge in [-0.2, -0.15) is 0 Å². The zero-order valence-corrected chi connectivity index (χ0v) is 12.1. The van der Waals surface area contributed by atoms with Crippen LogP contribution in [0.5, 0.6) is 0 Å². The standard InChI is InChI=1S/C17H15N3O2/c1-22-17(21)14-6-4-5-13(11-14)12-20-10-9-19-16(20)15-7-2-3-8-18-15/h2-11H,12H2,1H3. The SMILES string of the molecule is COC(=O)c1cccc(Cn2ccnc2-c2ccccn2)c1. The van der Waals surface area contributed by atoms with Crippen molar-refractivity contribution < 1.29 is 9.53 Å². The molecule has 2 heterocycles. The Hall–Kier alpha value is -2.95. The molecular weight excluding hydrogens is 278 g/mol. The van der Waals surface area contributed by atoms with Gasteiger partial charge in [-0.1, -0.05) is 18.2 Å². The maximum absolute atomic E-state index is 11.6. The van der Waals surface area contributed by atoms with Crippen LogP contribution in [0.25, 0.3) is 11.5 Å². The predicted octanol–water partition coefficient (Wildman–Crippen LogP) is 2.78. The largest absolute Gasteiger partial charge is 0.465 e. The summed E-state index contributed by atoms with van der Waals surface area (Å²) in [6.45, 7) is 0.608. The average molecular weight is 293 g/mol. The molecule has 0 spiro atoms. The van der Waals surface area contributed by atoms with Crippen molar-refractivity contribution in [3.05, 3.63) is 72.2 Å². The molecule has 110 valence electrons. The third kappa shape index (κ3) is 2.88. The van der Waals surface area contributed by atoms with E-state index in [1.54, 1.807) is 18.5 Å². The number of carbonyl (C=O) groups excluding carboxylic acids is 1. The van der Waals surface area contributed by atoms with Crippen molar-refractivity contribution >= 4 is 5.97 Å². The molecule has 5 nitrogen and oxygen atoms in total. The molecule has 0 unspecified atom stereocenters. The first-order valence-electron chi connectivity index (χ1n) is 6.88. The van der Waals surface area contributed by atoms with Crippen LogP contribution in [0.3, 0.4) is 0 Å². The minimum absolute atomic E-state index is 0.336. The highest BCUT2D eigenvalue weighted by atomic mass is 16.5. The molecule has 5 heteroatoms. The second kappa shape index (κ2) is 6.22. The Morgan fingerprint density at radius 2 is 2.05 bits per heavy atom. The summed E-state index contributed by atoms with van der Waals surface area (Å²) in [6, 6.07) is 13.1. The lowest BCUT2D eigenvalue weighted by Crippen LogP contribution is -2.05. The van der Waals surface area contributed by atoms with Crippen molar-refractivity contribution in [3.63, 3.8) is 0 Å². The fourth-order valence-electron chi connectivity index (χ4n) is 2.28. The number of nitrogens with zero attached hydrogens (tertiary/aromatic N) is 3. The molecule has 22 heavy (non-hydrogen) atoms. The molecule has 0 bridgehead atoms. The number of imidazole rings is 1. The van der Waals surface area contributed by atoms with Gasteiger partial charge in [0.1, 0.15) is 5.69 Å². The van der Waals surface area contributed by atoms with E-state index in [0.29, 0.717) is 12.1 Å². The number of hydrogen-bond donors (Lipinski definition) is 0. The van der Waals surface area contributed by atoms with Crippen LogP contribution in [-0.4, -0.2) is 27.6 Å². The van der Waals surface area contributed by atoms with Crippen LogP contribution >= 0.6 is 0 Å². The minimum atomic E-state index is -0.336. The zero-order chi connectivity index (χ0) is 15.4. The number of carbonyl (C=O) groups is 1. The number of rotatable bonds is 4. The van der Waals surface area contributed by atoms with Gasteiger partial charge in [0.25, 0.3) is 0 Å². The van der Waals surface area contributed by atoms with Gasteiger partial charge in [-0.05, 0) is 29.8 Å². The first kappa shape index (κ1) is 14.0. The highest BCUT2D eigenvalue weighted by Gasteiger charge is 2.09. The number of hydrogen-bond acceptors (Lipinski definition) is 4. The van der Waals surface area contributed by atoms with Crippen LogP contribution in [0.15, 0.2) is 61.1 Å². The summed E-state index contributed by atoms with van der Waals surface area (Å²) in [7, 11) is 1.38. The Labute approximate surface area is 128 Å². The lowest BCUT2D eigenvalue weighted by atomic mass is 10.1. The molecule has 0 aliphatic rings. The molecular formula is C17H15N3O2. The fourth-order valence-corrected chi connectivity index (χ4v) is 2.28. The number of esters is 1. The van der Waals surface area contributed by atoms with Gasteiger partial charge >= 0.3 is 5.97 Å². The quantitative estimate of drug-likeness (QED) is 0.694. The van der Waals surface area contributed by atoms with Crippen molar-refractivity contribution in [3.8, 4) is 11.5 Å². The first-order chi connectivity index (χ1) is 10.8. The van der Waals surface area contributed by atoms with Crippen molar-refractivity contribution in [2.45, 2.75) is 6.54 Å². The van der Waals surface area contributed by atoms with Crippen LogP contribution in [0.1, 0.15) is 15.9 Å². The van der Waals surface area contributed by atoms with E-state index in [1.807, 2.05) is 47.2 Å². The van der Waals surface area contributed by atoms with Crippen LogP contribution in [0, 0.1) is 0 Å². The van der Waals surface area contributed by atoms with Gasteiger partial charge in [0, 0.05) is 25.1 Å². The monoisotopic (exact) mass is 293 g/mol. The average Bonchev–Trinajstić information content (AvgIpc) is 3.03. The molecule has 2 aromatic heterocycles. The van der Waals surface area contributed by atoms with E-state index in [4.69, 9.17) is 4.74 Å². The minimum Gasteiger partial charge on any atom is -0.465 e. The van der Waals surface area contributed by atoms with E-state index in [-0.39, 0.29) is 5.97 Å². The summed E-state index contributed by atoms with van der Waals surface area (Å²) in [5, 5.41) is 0.